The number of carboxylic acids is 1. The molecule has 1 saturated heterocycles. The molecule has 0 radical (unpaired) electrons. The number of likely N-dealkylation sites (tertiary alicyclic amines) is 1. The Morgan fingerprint density at radius 1 is 1.50 bits per heavy atom. The Morgan fingerprint density at radius 3 is 2.70 bits per heavy atom. The molecule has 2 rings (SSSR count). The van der Waals surface area contributed by atoms with Crippen LogP contribution in [0.1, 0.15) is 29.3 Å². The van der Waals surface area contributed by atoms with E-state index in [1.54, 1.807) is 18.2 Å². The summed E-state index contributed by atoms with van der Waals surface area (Å²) in [5, 5.41) is 8.93. The standard InChI is InChI=1S/C14H17BrN2O3/c1-14(13(16)20)4-5-17(8-14)7-10-3-2-9(12(18)19)6-11(10)15/h2-3,6H,4-5,7-8H2,1H3,(H2,16,20)(H,18,19). The van der Waals surface area contributed by atoms with Crippen molar-refractivity contribution in [1.82, 2.24) is 4.90 Å². The first-order valence-corrected chi connectivity index (χ1v) is 7.15. The second-order valence-electron chi connectivity index (χ2n) is 5.50. The van der Waals surface area contributed by atoms with Crippen LogP contribution in [0.25, 0.3) is 0 Å². The molecule has 0 aliphatic carbocycles. The van der Waals surface area contributed by atoms with Crippen molar-refractivity contribution in [1.29, 1.82) is 0 Å². The molecule has 1 fully saturated rings. The third-order valence-electron chi connectivity index (χ3n) is 3.84. The number of carbonyl (C=O) groups is 2. The van der Waals surface area contributed by atoms with Gasteiger partial charge in [0.05, 0.1) is 11.0 Å². The molecule has 1 heterocycles. The number of carbonyl (C=O) groups excluding carboxylic acids is 1. The Morgan fingerprint density at radius 2 is 2.20 bits per heavy atom. The van der Waals surface area contributed by atoms with Gasteiger partial charge in [0.2, 0.25) is 5.91 Å². The summed E-state index contributed by atoms with van der Waals surface area (Å²) in [7, 11) is 0. The topological polar surface area (TPSA) is 83.6 Å². The Kier molecular flexibility index (Phi) is 4.15. The molecule has 20 heavy (non-hydrogen) atoms. The van der Waals surface area contributed by atoms with Gasteiger partial charge in [0.1, 0.15) is 0 Å². The van der Waals surface area contributed by atoms with Crippen LogP contribution in [0.3, 0.4) is 0 Å². The van der Waals surface area contributed by atoms with Crippen molar-refractivity contribution in [3.8, 4) is 0 Å². The van der Waals surface area contributed by atoms with E-state index in [0.717, 1.165) is 23.0 Å². The minimum atomic E-state index is -0.945. The van der Waals surface area contributed by atoms with Crippen molar-refractivity contribution < 1.29 is 14.7 Å². The highest BCUT2D eigenvalue weighted by Gasteiger charge is 2.38. The highest BCUT2D eigenvalue weighted by Crippen LogP contribution is 2.31. The Balaban J connectivity index is 2.09. The first-order valence-electron chi connectivity index (χ1n) is 6.36. The maximum Gasteiger partial charge on any atom is 0.335 e. The van der Waals surface area contributed by atoms with E-state index >= 15 is 0 Å². The van der Waals surface area contributed by atoms with E-state index in [-0.39, 0.29) is 11.5 Å². The number of nitrogens with two attached hydrogens (primary N) is 1. The SMILES string of the molecule is CC1(C(N)=O)CCN(Cc2ccc(C(=O)O)cc2Br)C1. The van der Waals surface area contributed by atoms with Crippen molar-refractivity contribution in [2.24, 2.45) is 11.1 Å². The number of rotatable bonds is 4. The van der Waals surface area contributed by atoms with Gasteiger partial charge in [-0.15, -0.1) is 0 Å². The maximum absolute atomic E-state index is 11.4. The van der Waals surface area contributed by atoms with Gasteiger partial charge in [-0.05, 0) is 37.6 Å². The lowest BCUT2D eigenvalue weighted by molar-refractivity contribution is -0.126. The number of hydrogen-bond acceptors (Lipinski definition) is 3. The van der Waals surface area contributed by atoms with E-state index in [9.17, 15) is 9.59 Å². The number of halogens is 1. The zero-order chi connectivity index (χ0) is 14.9. The van der Waals surface area contributed by atoms with Crippen LogP contribution in [-0.2, 0) is 11.3 Å². The summed E-state index contributed by atoms with van der Waals surface area (Å²) in [4.78, 5) is 24.5. The van der Waals surface area contributed by atoms with E-state index < -0.39 is 11.4 Å². The minimum Gasteiger partial charge on any atom is -0.478 e. The highest BCUT2D eigenvalue weighted by atomic mass is 79.9. The van der Waals surface area contributed by atoms with Crippen LogP contribution in [-0.4, -0.2) is 35.0 Å². The summed E-state index contributed by atoms with van der Waals surface area (Å²) >= 11 is 3.40. The number of carboxylic acid groups (broad SMARTS) is 1. The lowest BCUT2D eigenvalue weighted by Crippen LogP contribution is -2.36. The van der Waals surface area contributed by atoms with Gasteiger partial charge in [0.25, 0.3) is 0 Å². The molecule has 0 aromatic heterocycles. The predicted octanol–water partition coefficient (Wildman–Crippen LogP) is 1.84. The average molecular weight is 341 g/mol. The Bertz CT molecular complexity index is 561. The molecule has 1 aliphatic heterocycles. The second-order valence-corrected chi connectivity index (χ2v) is 6.35. The molecule has 5 nitrogen and oxygen atoms in total. The summed E-state index contributed by atoms with van der Waals surface area (Å²) in [6.45, 7) is 4.00. The third-order valence-corrected chi connectivity index (χ3v) is 4.58. The van der Waals surface area contributed by atoms with Crippen LogP contribution < -0.4 is 5.73 Å². The molecule has 6 heteroatoms. The smallest absolute Gasteiger partial charge is 0.335 e. The second kappa shape index (κ2) is 5.54. The first-order chi connectivity index (χ1) is 9.32. The van der Waals surface area contributed by atoms with Crippen LogP contribution in [0.2, 0.25) is 0 Å². The van der Waals surface area contributed by atoms with Gasteiger partial charge in [-0.1, -0.05) is 22.0 Å². The molecular formula is C14H17BrN2O3. The van der Waals surface area contributed by atoms with Gasteiger partial charge in [0.15, 0.2) is 0 Å². The zero-order valence-electron chi connectivity index (χ0n) is 11.2. The molecule has 1 aromatic rings. The van der Waals surface area contributed by atoms with Gasteiger partial charge in [0, 0.05) is 17.6 Å². The first kappa shape index (κ1) is 15.0. The highest BCUT2D eigenvalue weighted by molar-refractivity contribution is 9.10. The lowest BCUT2D eigenvalue weighted by Gasteiger charge is -2.21. The van der Waals surface area contributed by atoms with E-state index in [1.807, 2.05) is 6.92 Å². The quantitative estimate of drug-likeness (QED) is 0.875. The number of primary amides is 1. The van der Waals surface area contributed by atoms with Crippen LogP contribution in [0.15, 0.2) is 22.7 Å². The predicted molar refractivity (Wildman–Crippen MR) is 78.3 cm³/mol. The van der Waals surface area contributed by atoms with Gasteiger partial charge in [-0.3, -0.25) is 9.69 Å². The summed E-state index contributed by atoms with van der Waals surface area (Å²) in [5.41, 5.74) is 6.22. The van der Waals surface area contributed by atoms with Crippen LogP contribution in [0.4, 0.5) is 0 Å². The molecule has 0 spiro atoms. The third kappa shape index (κ3) is 3.02. The molecular weight excluding hydrogens is 324 g/mol. The van der Waals surface area contributed by atoms with Crippen LogP contribution in [0.5, 0.6) is 0 Å². The number of hydrogen-bond donors (Lipinski definition) is 2. The molecule has 108 valence electrons. The Hall–Kier alpha value is -1.40. The largest absolute Gasteiger partial charge is 0.478 e. The summed E-state index contributed by atoms with van der Waals surface area (Å²) in [6, 6.07) is 4.99. The molecule has 0 bridgehead atoms. The zero-order valence-corrected chi connectivity index (χ0v) is 12.8. The van der Waals surface area contributed by atoms with Crippen molar-refractivity contribution in [3.05, 3.63) is 33.8 Å². The van der Waals surface area contributed by atoms with Crippen molar-refractivity contribution in [3.63, 3.8) is 0 Å². The van der Waals surface area contributed by atoms with Crippen LogP contribution >= 0.6 is 15.9 Å². The van der Waals surface area contributed by atoms with E-state index in [0.29, 0.717) is 13.1 Å². The number of aromatic carboxylic acids is 1. The molecule has 0 saturated carbocycles. The fourth-order valence-corrected chi connectivity index (χ4v) is 2.95. The monoisotopic (exact) mass is 340 g/mol. The number of benzene rings is 1. The molecule has 1 atom stereocenters. The van der Waals surface area contributed by atoms with Crippen molar-refractivity contribution in [2.75, 3.05) is 13.1 Å². The van der Waals surface area contributed by atoms with Gasteiger partial charge >= 0.3 is 5.97 Å². The molecule has 1 aliphatic rings. The maximum atomic E-state index is 11.4. The molecule has 1 amide bonds. The van der Waals surface area contributed by atoms with E-state index in [4.69, 9.17) is 10.8 Å². The van der Waals surface area contributed by atoms with Gasteiger partial charge in [-0.25, -0.2) is 4.79 Å². The molecule has 1 unspecified atom stereocenters. The number of nitrogens with zero attached hydrogens (tertiary/aromatic N) is 1. The minimum absolute atomic E-state index is 0.254. The normalized spacial score (nSPS) is 22.9. The lowest BCUT2D eigenvalue weighted by atomic mass is 9.89. The average Bonchev–Trinajstić information content (AvgIpc) is 2.75. The van der Waals surface area contributed by atoms with Crippen LogP contribution in [0, 0.1) is 5.41 Å². The molecule has 1 aromatic carbocycles. The number of amides is 1. The summed E-state index contributed by atoms with van der Waals surface area (Å²) < 4.78 is 0.769. The van der Waals surface area contributed by atoms with Gasteiger partial charge < -0.3 is 10.8 Å². The summed E-state index contributed by atoms with van der Waals surface area (Å²) in [6.07, 6.45) is 0.757. The van der Waals surface area contributed by atoms with Gasteiger partial charge in [-0.2, -0.15) is 0 Å². The Labute approximate surface area is 125 Å². The van der Waals surface area contributed by atoms with E-state index in [1.165, 1.54) is 0 Å². The molecule has 3 N–H and O–H groups in total. The van der Waals surface area contributed by atoms with Crippen molar-refractivity contribution in [2.45, 2.75) is 19.9 Å². The van der Waals surface area contributed by atoms with Crippen molar-refractivity contribution >= 4 is 27.8 Å². The van der Waals surface area contributed by atoms with E-state index in [2.05, 4.69) is 20.8 Å². The fraction of sp³-hybridized carbons (Fsp3) is 0.429. The summed E-state index contributed by atoms with van der Waals surface area (Å²) in [5.74, 6) is -1.21. The fourth-order valence-electron chi connectivity index (χ4n) is 2.44.